The van der Waals surface area contributed by atoms with Gasteiger partial charge in [-0.1, -0.05) is 34.9 Å². The van der Waals surface area contributed by atoms with Gasteiger partial charge in [0.2, 0.25) is 5.95 Å². The minimum absolute atomic E-state index is 0.417. The van der Waals surface area contributed by atoms with Gasteiger partial charge in [0.15, 0.2) is 0 Å². The van der Waals surface area contributed by atoms with Crippen molar-refractivity contribution in [3.05, 3.63) is 42.0 Å². The van der Waals surface area contributed by atoms with Gasteiger partial charge in [0.05, 0.1) is 5.69 Å². The maximum absolute atomic E-state index is 4.08. The zero-order valence-electron chi connectivity index (χ0n) is 11.0. The fraction of sp³-hybridized carbons (Fsp3) is 0.357. The van der Waals surface area contributed by atoms with Crippen LogP contribution in [0.4, 0.5) is 5.95 Å². The highest BCUT2D eigenvalue weighted by molar-refractivity contribution is 5.40. The number of nitrogens with one attached hydrogen (secondary N) is 1. The number of nitrogens with zero attached hydrogens (tertiary/aromatic N) is 4. The number of aromatic nitrogens is 4. The molecule has 5 nitrogen and oxygen atoms in total. The van der Waals surface area contributed by atoms with Crippen LogP contribution in [0.2, 0.25) is 0 Å². The normalized spacial score (nSPS) is 18.5. The van der Waals surface area contributed by atoms with Crippen molar-refractivity contribution >= 4 is 5.95 Å². The Morgan fingerprint density at radius 1 is 1.21 bits per heavy atom. The Labute approximate surface area is 112 Å². The minimum atomic E-state index is 0.417. The van der Waals surface area contributed by atoms with E-state index in [2.05, 4.69) is 52.1 Å². The number of aryl methyl sites for hydroxylation is 1. The van der Waals surface area contributed by atoms with E-state index in [1.165, 1.54) is 5.56 Å². The molecule has 1 atom stereocenters. The first kappa shape index (κ1) is 11.9. The van der Waals surface area contributed by atoms with Gasteiger partial charge in [-0.25, -0.2) is 0 Å². The van der Waals surface area contributed by atoms with Gasteiger partial charge in [-0.3, -0.25) is 0 Å². The molecule has 0 fully saturated rings. The number of tetrazole rings is 1. The van der Waals surface area contributed by atoms with Gasteiger partial charge in [0, 0.05) is 6.04 Å². The van der Waals surface area contributed by atoms with E-state index in [4.69, 9.17) is 0 Å². The molecule has 0 aliphatic heterocycles. The fourth-order valence-electron chi connectivity index (χ4n) is 2.24. The van der Waals surface area contributed by atoms with Crippen LogP contribution in [0.3, 0.4) is 0 Å². The lowest BCUT2D eigenvalue weighted by atomic mass is 10.0. The summed E-state index contributed by atoms with van der Waals surface area (Å²) in [4.78, 5) is 0. The van der Waals surface area contributed by atoms with E-state index in [0.717, 1.165) is 24.9 Å². The molecule has 3 rings (SSSR count). The summed E-state index contributed by atoms with van der Waals surface area (Å²) in [7, 11) is 0. The molecule has 19 heavy (non-hydrogen) atoms. The first-order chi connectivity index (χ1) is 9.33. The Hall–Kier alpha value is -2.17. The van der Waals surface area contributed by atoms with Crippen LogP contribution in [-0.4, -0.2) is 26.2 Å². The average molecular weight is 255 g/mol. The Kier molecular flexibility index (Phi) is 3.27. The van der Waals surface area contributed by atoms with E-state index in [9.17, 15) is 0 Å². The van der Waals surface area contributed by atoms with Gasteiger partial charge < -0.3 is 5.32 Å². The fourth-order valence-corrected chi connectivity index (χ4v) is 2.24. The molecule has 0 spiro atoms. The van der Waals surface area contributed by atoms with Gasteiger partial charge >= 0.3 is 0 Å². The highest BCUT2D eigenvalue weighted by Crippen LogP contribution is 2.17. The van der Waals surface area contributed by atoms with Gasteiger partial charge in [-0.05, 0) is 48.7 Å². The summed E-state index contributed by atoms with van der Waals surface area (Å²) in [6.45, 7) is 2.07. The topological polar surface area (TPSA) is 55.6 Å². The van der Waals surface area contributed by atoms with Crippen molar-refractivity contribution < 1.29 is 0 Å². The van der Waals surface area contributed by atoms with Crippen molar-refractivity contribution in [2.75, 3.05) is 5.32 Å². The van der Waals surface area contributed by atoms with Crippen LogP contribution in [0.15, 0.2) is 36.4 Å². The van der Waals surface area contributed by atoms with Crippen LogP contribution in [-0.2, 0) is 0 Å². The number of hydrogen-bond acceptors (Lipinski definition) is 4. The molecule has 1 heterocycles. The summed E-state index contributed by atoms with van der Waals surface area (Å²) >= 11 is 0. The highest BCUT2D eigenvalue weighted by Gasteiger charge is 2.14. The van der Waals surface area contributed by atoms with Crippen LogP contribution >= 0.6 is 0 Å². The predicted molar refractivity (Wildman–Crippen MR) is 74.3 cm³/mol. The number of hydrogen-bond donors (Lipinski definition) is 1. The molecule has 2 aromatic rings. The standard InChI is InChI=1S/C14H17N5/c1-11-7-9-13(10-8-11)19-14(16-17-18-19)15-12-5-3-2-4-6-12/h2-3,7-10,12H,4-6H2,1H3,(H,15,16,18). The molecule has 0 saturated carbocycles. The van der Waals surface area contributed by atoms with Gasteiger partial charge in [-0.15, -0.1) is 0 Å². The summed E-state index contributed by atoms with van der Waals surface area (Å²) in [5, 5.41) is 15.3. The van der Waals surface area contributed by atoms with Crippen LogP contribution in [0.1, 0.15) is 24.8 Å². The van der Waals surface area contributed by atoms with Crippen molar-refractivity contribution in [3.8, 4) is 5.69 Å². The zero-order valence-corrected chi connectivity index (χ0v) is 11.0. The zero-order chi connectivity index (χ0) is 13.1. The average Bonchev–Trinajstić information content (AvgIpc) is 2.89. The lowest BCUT2D eigenvalue weighted by molar-refractivity contribution is 0.635. The third kappa shape index (κ3) is 2.65. The molecular weight excluding hydrogens is 238 g/mol. The monoisotopic (exact) mass is 255 g/mol. The summed E-state index contributed by atoms with van der Waals surface area (Å²) in [5.74, 6) is 0.712. The molecule has 5 heteroatoms. The van der Waals surface area contributed by atoms with Crippen LogP contribution in [0.5, 0.6) is 0 Å². The minimum Gasteiger partial charge on any atom is -0.350 e. The van der Waals surface area contributed by atoms with Crippen LogP contribution < -0.4 is 5.32 Å². The summed E-state index contributed by atoms with van der Waals surface area (Å²) in [6, 6.07) is 8.59. The number of rotatable bonds is 3. The summed E-state index contributed by atoms with van der Waals surface area (Å²) in [5.41, 5.74) is 2.20. The second kappa shape index (κ2) is 5.22. The maximum Gasteiger partial charge on any atom is 0.247 e. The van der Waals surface area contributed by atoms with E-state index in [0.29, 0.717) is 12.0 Å². The Morgan fingerprint density at radius 2 is 2.05 bits per heavy atom. The van der Waals surface area contributed by atoms with Crippen molar-refractivity contribution in [1.82, 2.24) is 20.2 Å². The third-order valence-corrected chi connectivity index (χ3v) is 3.35. The molecule has 0 radical (unpaired) electrons. The highest BCUT2D eigenvalue weighted by atomic mass is 15.6. The second-order valence-corrected chi connectivity index (χ2v) is 4.88. The van der Waals surface area contributed by atoms with Crippen LogP contribution in [0, 0.1) is 6.92 Å². The third-order valence-electron chi connectivity index (χ3n) is 3.35. The first-order valence-electron chi connectivity index (χ1n) is 6.60. The van der Waals surface area contributed by atoms with E-state index in [1.54, 1.807) is 4.68 Å². The van der Waals surface area contributed by atoms with Gasteiger partial charge in [-0.2, -0.15) is 4.68 Å². The molecule has 1 aliphatic carbocycles. The Bertz CT molecular complexity index is 570. The lowest BCUT2D eigenvalue weighted by Crippen LogP contribution is -2.22. The van der Waals surface area contributed by atoms with Crippen LogP contribution in [0.25, 0.3) is 5.69 Å². The maximum atomic E-state index is 4.08. The van der Waals surface area contributed by atoms with Crippen molar-refractivity contribution in [2.24, 2.45) is 0 Å². The molecule has 0 bridgehead atoms. The Balaban J connectivity index is 1.81. The van der Waals surface area contributed by atoms with Gasteiger partial charge in [0.25, 0.3) is 0 Å². The second-order valence-electron chi connectivity index (χ2n) is 4.88. The SMILES string of the molecule is Cc1ccc(-n2nnnc2NC2CC=CCC2)cc1. The number of benzene rings is 1. The van der Waals surface area contributed by atoms with E-state index >= 15 is 0 Å². The number of allylic oxidation sites excluding steroid dienone is 1. The quantitative estimate of drug-likeness (QED) is 0.856. The van der Waals surface area contributed by atoms with E-state index in [-0.39, 0.29) is 0 Å². The lowest BCUT2D eigenvalue weighted by Gasteiger charge is -2.19. The molecule has 1 aromatic carbocycles. The Morgan fingerprint density at radius 3 is 2.79 bits per heavy atom. The number of anilines is 1. The van der Waals surface area contributed by atoms with Crippen molar-refractivity contribution in [2.45, 2.75) is 32.2 Å². The first-order valence-corrected chi connectivity index (χ1v) is 6.60. The van der Waals surface area contributed by atoms with E-state index < -0.39 is 0 Å². The molecule has 1 unspecified atom stereocenters. The smallest absolute Gasteiger partial charge is 0.247 e. The summed E-state index contributed by atoms with van der Waals surface area (Å²) in [6.07, 6.45) is 7.70. The molecule has 1 N–H and O–H groups in total. The van der Waals surface area contributed by atoms with Gasteiger partial charge in [0.1, 0.15) is 0 Å². The molecular formula is C14H17N5. The van der Waals surface area contributed by atoms with Crippen molar-refractivity contribution in [1.29, 1.82) is 0 Å². The molecule has 0 amide bonds. The molecule has 1 aliphatic rings. The summed E-state index contributed by atoms with van der Waals surface area (Å²) < 4.78 is 1.75. The largest absolute Gasteiger partial charge is 0.350 e. The molecule has 0 saturated heterocycles. The molecule has 1 aromatic heterocycles. The van der Waals surface area contributed by atoms with Crippen molar-refractivity contribution in [3.63, 3.8) is 0 Å². The predicted octanol–water partition coefficient (Wildman–Crippen LogP) is 2.49. The molecule has 98 valence electrons. The van der Waals surface area contributed by atoms with E-state index in [1.807, 2.05) is 12.1 Å².